The molecule has 2 heterocycles. The number of sulfonamides is 1. The highest BCUT2D eigenvalue weighted by Crippen LogP contribution is 2.22. The lowest BCUT2D eigenvalue weighted by Crippen LogP contribution is -2.38. The standard InChI is InChI=1S/C10H16ClN3O2S/c1-8-12-10(7-13(8)2)17(15,16)14-5-3-9(11)4-6-14/h7,9H,3-6H2,1-2H3. The summed E-state index contributed by atoms with van der Waals surface area (Å²) in [6.45, 7) is 2.74. The third-order valence-corrected chi connectivity index (χ3v) is 5.28. The van der Waals surface area contributed by atoms with Crippen molar-refractivity contribution in [2.24, 2.45) is 7.05 Å². The van der Waals surface area contributed by atoms with Crippen LogP contribution in [0.15, 0.2) is 11.2 Å². The minimum atomic E-state index is -3.44. The molecule has 1 aromatic heterocycles. The molecule has 1 fully saturated rings. The number of rotatable bonds is 2. The number of imidazole rings is 1. The second-order valence-corrected chi connectivity index (χ2v) is 6.82. The molecule has 0 radical (unpaired) electrons. The molecule has 0 unspecified atom stereocenters. The fourth-order valence-corrected chi connectivity index (χ4v) is 3.54. The highest BCUT2D eigenvalue weighted by molar-refractivity contribution is 7.89. The number of piperidine rings is 1. The molecule has 5 nitrogen and oxygen atoms in total. The Morgan fingerprint density at radius 1 is 1.41 bits per heavy atom. The third-order valence-electron chi connectivity index (χ3n) is 3.07. The van der Waals surface area contributed by atoms with Gasteiger partial charge in [-0.15, -0.1) is 11.6 Å². The van der Waals surface area contributed by atoms with Crippen LogP contribution in [0.4, 0.5) is 0 Å². The van der Waals surface area contributed by atoms with Gasteiger partial charge in [-0.1, -0.05) is 0 Å². The van der Waals surface area contributed by atoms with Crippen molar-refractivity contribution in [1.29, 1.82) is 0 Å². The van der Waals surface area contributed by atoms with E-state index in [0.29, 0.717) is 31.8 Å². The van der Waals surface area contributed by atoms with Crippen LogP contribution < -0.4 is 0 Å². The van der Waals surface area contributed by atoms with E-state index >= 15 is 0 Å². The fraction of sp³-hybridized carbons (Fsp3) is 0.700. The summed E-state index contributed by atoms with van der Waals surface area (Å²) < 4.78 is 27.7. The molecular weight excluding hydrogens is 262 g/mol. The minimum absolute atomic E-state index is 0.0897. The second-order valence-electron chi connectivity index (χ2n) is 4.32. The zero-order valence-electron chi connectivity index (χ0n) is 9.93. The highest BCUT2D eigenvalue weighted by Gasteiger charge is 2.30. The molecule has 1 aliphatic rings. The van der Waals surface area contributed by atoms with Gasteiger partial charge in [0.05, 0.1) is 0 Å². The molecule has 1 aromatic rings. The predicted molar refractivity (Wildman–Crippen MR) is 65.6 cm³/mol. The van der Waals surface area contributed by atoms with Gasteiger partial charge in [0, 0.05) is 31.7 Å². The van der Waals surface area contributed by atoms with Crippen molar-refractivity contribution in [1.82, 2.24) is 13.9 Å². The molecule has 0 saturated carbocycles. The Morgan fingerprint density at radius 2 is 2.00 bits per heavy atom. The minimum Gasteiger partial charge on any atom is -0.337 e. The first-order valence-corrected chi connectivity index (χ1v) is 7.43. The van der Waals surface area contributed by atoms with E-state index in [1.165, 1.54) is 4.31 Å². The SMILES string of the molecule is Cc1nc(S(=O)(=O)N2CCC(Cl)CC2)cn1C. The van der Waals surface area contributed by atoms with E-state index in [9.17, 15) is 8.42 Å². The predicted octanol–water partition coefficient (Wildman–Crippen LogP) is 1.12. The van der Waals surface area contributed by atoms with Gasteiger partial charge in [0.25, 0.3) is 10.0 Å². The first-order valence-electron chi connectivity index (χ1n) is 5.55. The third kappa shape index (κ3) is 2.48. The first-order chi connectivity index (χ1) is 7.91. The van der Waals surface area contributed by atoms with E-state index in [1.807, 2.05) is 0 Å². The monoisotopic (exact) mass is 277 g/mol. The summed E-state index contributed by atoms with van der Waals surface area (Å²) in [6, 6.07) is 0. The molecule has 2 rings (SSSR count). The van der Waals surface area contributed by atoms with Crippen LogP contribution in [0.1, 0.15) is 18.7 Å². The molecule has 0 bridgehead atoms. The molecular formula is C10H16ClN3O2S. The molecule has 0 N–H and O–H groups in total. The van der Waals surface area contributed by atoms with E-state index < -0.39 is 10.0 Å². The van der Waals surface area contributed by atoms with E-state index in [2.05, 4.69) is 4.98 Å². The number of hydrogen-bond donors (Lipinski definition) is 0. The van der Waals surface area contributed by atoms with Crippen molar-refractivity contribution < 1.29 is 8.42 Å². The Bertz CT molecular complexity index is 484. The smallest absolute Gasteiger partial charge is 0.262 e. The van der Waals surface area contributed by atoms with E-state index in [4.69, 9.17) is 11.6 Å². The van der Waals surface area contributed by atoms with E-state index in [-0.39, 0.29) is 10.4 Å². The van der Waals surface area contributed by atoms with E-state index in [1.54, 1.807) is 24.7 Å². The quantitative estimate of drug-likeness (QED) is 0.761. The summed E-state index contributed by atoms with van der Waals surface area (Å²) in [4.78, 5) is 4.08. The Kier molecular flexibility index (Phi) is 3.47. The molecule has 1 aliphatic heterocycles. The number of hydrogen-bond acceptors (Lipinski definition) is 3. The zero-order chi connectivity index (χ0) is 12.6. The lowest BCUT2D eigenvalue weighted by molar-refractivity contribution is 0.349. The molecule has 1 saturated heterocycles. The van der Waals surface area contributed by atoms with Crippen molar-refractivity contribution in [3.63, 3.8) is 0 Å². The van der Waals surface area contributed by atoms with Gasteiger partial charge in [-0.25, -0.2) is 13.4 Å². The van der Waals surface area contributed by atoms with Crippen molar-refractivity contribution in [2.45, 2.75) is 30.2 Å². The van der Waals surface area contributed by atoms with E-state index in [0.717, 1.165) is 0 Å². The molecule has 0 atom stereocenters. The van der Waals surface area contributed by atoms with Crippen molar-refractivity contribution in [3.05, 3.63) is 12.0 Å². The van der Waals surface area contributed by atoms with Gasteiger partial charge < -0.3 is 4.57 Å². The summed E-state index contributed by atoms with van der Waals surface area (Å²) in [6.07, 6.45) is 2.96. The number of alkyl halides is 1. The van der Waals surface area contributed by atoms with Crippen LogP contribution in [0.3, 0.4) is 0 Å². The van der Waals surface area contributed by atoms with Crippen LogP contribution in [0, 0.1) is 6.92 Å². The van der Waals surface area contributed by atoms with Crippen LogP contribution >= 0.6 is 11.6 Å². The topological polar surface area (TPSA) is 55.2 Å². The van der Waals surface area contributed by atoms with Gasteiger partial charge >= 0.3 is 0 Å². The number of halogens is 1. The molecule has 7 heteroatoms. The number of aromatic nitrogens is 2. The first kappa shape index (κ1) is 12.9. The number of aryl methyl sites for hydroxylation is 2. The average molecular weight is 278 g/mol. The molecule has 0 amide bonds. The molecule has 96 valence electrons. The van der Waals surface area contributed by atoms with Gasteiger partial charge in [-0.2, -0.15) is 4.31 Å². The molecule has 0 aromatic carbocycles. The van der Waals surface area contributed by atoms with Gasteiger partial charge in [-0.05, 0) is 19.8 Å². The molecule has 0 aliphatic carbocycles. The summed E-state index contributed by atoms with van der Waals surface area (Å²) in [5.41, 5.74) is 0. The van der Waals surface area contributed by atoms with Gasteiger partial charge in [0.1, 0.15) is 5.82 Å². The average Bonchev–Trinajstić information content (AvgIpc) is 2.60. The van der Waals surface area contributed by atoms with Crippen LogP contribution in [-0.2, 0) is 17.1 Å². The van der Waals surface area contributed by atoms with Crippen molar-refractivity contribution in [3.8, 4) is 0 Å². The van der Waals surface area contributed by atoms with Crippen LogP contribution in [0.25, 0.3) is 0 Å². The van der Waals surface area contributed by atoms with Crippen LogP contribution in [-0.4, -0.2) is 40.7 Å². The maximum Gasteiger partial charge on any atom is 0.262 e. The van der Waals surface area contributed by atoms with Gasteiger partial charge in [0.15, 0.2) is 5.03 Å². The highest BCUT2D eigenvalue weighted by atomic mass is 35.5. The molecule has 0 spiro atoms. The van der Waals surface area contributed by atoms with Crippen molar-refractivity contribution >= 4 is 21.6 Å². The Morgan fingerprint density at radius 3 is 2.47 bits per heavy atom. The summed E-state index contributed by atoms with van der Waals surface area (Å²) in [5.74, 6) is 0.691. The lowest BCUT2D eigenvalue weighted by atomic mass is 10.2. The van der Waals surface area contributed by atoms with Gasteiger partial charge in [-0.3, -0.25) is 0 Å². The maximum atomic E-state index is 12.3. The molecule has 17 heavy (non-hydrogen) atoms. The second kappa shape index (κ2) is 4.59. The summed E-state index contributed by atoms with van der Waals surface area (Å²) >= 11 is 5.97. The zero-order valence-corrected chi connectivity index (χ0v) is 11.5. The Hall–Kier alpha value is -0.590. The maximum absolute atomic E-state index is 12.3. The van der Waals surface area contributed by atoms with Crippen molar-refractivity contribution in [2.75, 3.05) is 13.1 Å². The Balaban J connectivity index is 2.24. The normalized spacial score (nSPS) is 19.7. The lowest BCUT2D eigenvalue weighted by Gasteiger charge is -2.27. The summed E-state index contributed by atoms with van der Waals surface area (Å²) in [5, 5.41) is 0.220. The van der Waals surface area contributed by atoms with Crippen LogP contribution in [0.5, 0.6) is 0 Å². The largest absolute Gasteiger partial charge is 0.337 e. The van der Waals surface area contributed by atoms with Gasteiger partial charge in [0.2, 0.25) is 0 Å². The summed E-state index contributed by atoms with van der Waals surface area (Å²) in [7, 11) is -1.66. The van der Waals surface area contributed by atoms with Crippen LogP contribution in [0.2, 0.25) is 0 Å². The fourth-order valence-electron chi connectivity index (χ4n) is 1.85. The number of nitrogens with zero attached hydrogens (tertiary/aromatic N) is 3. The Labute approximate surface area is 106 Å².